The van der Waals surface area contributed by atoms with Gasteiger partial charge in [0.05, 0.1) is 0 Å². The van der Waals surface area contributed by atoms with Gasteiger partial charge < -0.3 is 20.1 Å². The zero-order chi connectivity index (χ0) is 19.9. The Morgan fingerprint density at radius 2 is 1.48 bits per heavy atom. The van der Waals surface area contributed by atoms with Crippen LogP contribution in [0.15, 0.2) is 18.2 Å². The number of rotatable bonds is 2. The van der Waals surface area contributed by atoms with E-state index in [1.165, 1.54) is 18.2 Å². The fourth-order valence-electron chi connectivity index (χ4n) is 2.24. The molecule has 12 heteroatoms. The van der Waals surface area contributed by atoms with Crippen LogP contribution < -0.4 is 20.1 Å². The van der Waals surface area contributed by atoms with Crippen molar-refractivity contribution in [3.8, 4) is 11.5 Å². The molecule has 1 aliphatic rings. The molecule has 2 aromatic rings. The van der Waals surface area contributed by atoms with E-state index in [2.05, 4.69) is 5.32 Å². The predicted octanol–water partition coefficient (Wildman–Crippen LogP) is 4.80. The molecule has 0 fully saturated rings. The lowest BCUT2D eigenvalue weighted by atomic mass is 10.1. The van der Waals surface area contributed by atoms with E-state index in [4.69, 9.17) is 21.7 Å². The average molecular weight is 412 g/mol. The van der Waals surface area contributed by atoms with Crippen molar-refractivity contribution in [1.82, 2.24) is 0 Å². The molecule has 144 valence electrons. The van der Waals surface area contributed by atoms with Crippen LogP contribution in [0.25, 0.3) is 0 Å². The molecule has 0 amide bonds. The van der Waals surface area contributed by atoms with Gasteiger partial charge >= 0.3 is 6.18 Å². The first-order chi connectivity index (χ1) is 12.6. The molecule has 27 heavy (non-hydrogen) atoms. The largest absolute Gasteiger partial charge is 0.454 e. The summed E-state index contributed by atoms with van der Waals surface area (Å²) in [6.45, 7) is -0.0119. The van der Waals surface area contributed by atoms with Crippen molar-refractivity contribution in [2.45, 2.75) is 6.18 Å². The van der Waals surface area contributed by atoms with Gasteiger partial charge in [0, 0.05) is 11.8 Å². The first kappa shape index (κ1) is 19.0. The van der Waals surface area contributed by atoms with Gasteiger partial charge in [-0.05, 0) is 24.4 Å². The van der Waals surface area contributed by atoms with E-state index in [1.54, 1.807) is 5.32 Å². The van der Waals surface area contributed by atoms with Crippen LogP contribution in [-0.4, -0.2) is 11.9 Å². The minimum absolute atomic E-state index is 0.0119. The Morgan fingerprint density at radius 3 is 2.07 bits per heavy atom. The Kier molecular flexibility index (Phi) is 4.76. The lowest BCUT2D eigenvalue weighted by molar-refractivity contribution is -0.143. The summed E-state index contributed by atoms with van der Waals surface area (Å²) in [7, 11) is 0. The topological polar surface area (TPSA) is 42.5 Å². The molecule has 0 saturated carbocycles. The molecule has 1 aliphatic heterocycles. The quantitative estimate of drug-likeness (QED) is 0.422. The van der Waals surface area contributed by atoms with Crippen LogP contribution in [-0.2, 0) is 6.18 Å². The van der Waals surface area contributed by atoms with Crippen molar-refractivity contribution in [3.63, 3.8) is 0 Å². The lowest BCUT2D eigenvalue weighted by Crippen LogP contribution is -2.23. The molecule has 2 N–H and O–H groups in total. The highest BCUT2D eigenvalue weighted by atomic mass is 32.1. The third-order valence-electron chi connectivity index (χ3n) is 3.42. The molecule has 0 unspecified atom stereocenters. The molecule has 0 saturated heterocycles. The van der Waals surface area contributed by atoms with Gasteiger partial charge in [0.2, 0.25) is 6.79 Å². The Morgan fingerprint density at radius 1 is 0.889 bits per heavy atom. The summed E-state index contributed by atoms with van der Waals surface area (Å²) in [5, 5.41) is 3.71. The first-order valence-electron chi connectivity index (χ1n) is 7.00. The molecular formula is C15H7F7N2O2S. The summed E-state index contributed by atoms with van der Waals surface area (Å²) in [5.74, 6) is -8.94. The monoisotopic (exact) mass is 412 g/mol. The minimum Gasteiger partial charge on any atom is -0.454 e. The van der Waals surface area contributed by atoms with Crippen LogP contribution >= 0.6 is 12.2 Å². The number of nitrogens with one attached hydrogen (secondary N) is 2. The molecule has 0 radical (unpaired) electrons. The minimum atomic E-state index is -5.63. The first-order valence-corrected chi connectivity index (χ1v) is 7.41. The van der Waals surface area contributed by atoms with Crippen LogP contribution in [0.5, 0.6) is 11.5 Å². The maximum atomic E-state index is 13.8. The molecule has 0 atom stereocenters. The number of halogens is 7. The number of fused-ring (bicyclic) bond motifs is 1. The molecule has 1 heterocycles. The summed E-state index contributed by atoms with van der Waals surface area (Å²) in [6, 6.07) is 4.35. The molecule has 3 rings (SSSR count). The van der Waals surface area contributed by atoms with Gasteiger partial charge in [0.25, 0.3) is 0 Å². The van der Waals surface area contributed by atoms with Crippen LogP contribution in [0, 0.1) is 23.3 Å². The molecule has 0 spiro atoms. The molecular weight excluding hydrogens is 405 g/mol. The predicted molar refractivity (Wildman–Crippen MR) is 83.7 cm³/mol. The number of thiocarbonyl (C=S) groups is 1. The van der Waals surface area contributed by atoms with Crippen molar-refractivity contribution < 1.29 is 40.2 Å². The van der Waals surface area contributed by atoms with E-state index >= 15 is 0 Å². The Bertz CT molecular complexity index is 904. The summed E-state index contributed by atoms with van der Waals surface area (Å²) < 4.78 is 103. The summed E-state index contributed by atoms with van der Waals surface area (Å²) in [4.78, 5) is 0. The number of hydrogen-bond acceptors (Lipinski definition) is 3. The van der Waals surface area contributed by atoms with E-state index in [1.807, 2.05) is 0 Å². The second-order valence-electron chi connectivity index (χ2n) is 5.15. The van der Waals surface area contributed by atoms with Gasteiger partial charge in [0.15, 0.2) is 39.9 Å². The molecule has 4 nitrogen and oxygen atoms in total. The second-order valence-corrected chi connectivity index (χ2v) is 5.56. The third kappa shape index (κ3) is 3.56. The maximum absolute atomic E-state index is 13.8. The van der Waals surface area contributed by atoms with Crippen LogP contribution in [0.2, 0.25) is 0 Å². The molecule has 0 bridgehead atoms. The highest BCUT2D eigenvalue weighted by Crippen LogP contribution is 2.38. The van der Waals surface area contributed by atoms with Gasteiger partial charge in [-0.15, -0.1) is 0 Å². The standard InChI is InChI=1S/C15H7F7N2O2S/c16-9-8(15(20,21)22)10(17)12(19)13(11(9)18)24-14(27)23-5-1-2-6-7(3-5)26-4-25-6/h1-3H,4H2,(H2,23,24,27). The fraction of sp³-hybridized carbons (Fsp3) is 0.133. The molecule has 0 aliphatic carbocycles. The summed E-state index contributed by atoms with van der Waals surface area (Å²) in [5.41, 5.74) is -3.92. The van der Waals surface area contributed by atoms with E-state index in [0.717, 1.165) is 0 Å². The number of benzene rings is 2. The number of hydrogen-bond donors (Lipinski definition) is 2. The Labute approximate surface area is 151 Å². The Balaban J connectivity index is 1.86. The highest BCUT2D eigenvalue weighted by molar-refractivity contribution is 7.80. The van der Waals surface area contributed by atoms with Gasteiger partial charge in [-0.1, -0.05) is 0 Å². The third-order valence-corrected chi connectivity index (χ3v) is 3.62. The van der Waals surface area contributed by atoms with E-state index in [9.17, 15) is 30.7 Å². The van der Waals surface area contributed by atoms with Crippen molar-refractivity contribution in [2.75, 3.05) is 17.4 Å². The smallest absolute Gasteiger partial charge is 0.422 e. The van der Waals surface area contributed by atoms with Crippen LogP contribution in [0.1, 0.15) is 5.56 Å². The molecule has 0 aromatic heterocycles. The normalized spacial score (nSPS) is 12.9. The zero-order valence-corrected chi connectivity index (χ0v) is 13.6. The number of ether oxygens (including phenoxy) is 2. The van der Waals surface area contributed by atoms with Crippen LogP contribution in [0.4, 0.5) is 42.1 Å². The van der Waals surface area contributed by atoms with Crippen LogP contribution in [0.3, 0.4) is 0 Å². The van der Waals surface area contributed by atoms with Crippen molar-refractivity contribution in [2.24, 2.45) is 0 Å². The maximum Gasteiger partial charge on any atom is 0.422 e. The fourth-order valence-corrected chi connectivity index (χ4v) is 2.46. The van der Waals surface area contributed by atoms with E-state index in [-0.39, 0.29) is 12.5 Å². The highest BCUT2D eigenvalue weighted by Gasteiger charge is 2.42. The van der Waals surface area contributed by atoms with Gasteiger partial charge in [-0.25, -0.2) is 17.6 Å². The molecule has 2 aromatic carbocycles. The average Bonchev–Trinajstić information content (AvgIpc) is 3.03. The second kappa shape index (κ2) is 6.76. The van der Waals surface area contributed by atoms with E-state index in [0.29, 0.717) is 11.5 Å². The van der Waals surface area contributed by atoms with Crippen molar-refractivity contribution in [3.05, 3.63) is 47.0 Å². The van der Waals surface area contributed by atoms with Crippen molar-refractivity contribution in [1.29, 1.82) is 0 Å². The summed E-state index contributed by atoms with van der Waals surface area (Å²) in [6.07, 6.45) is -5.63. The van der Waals surface area contributed by atoms with Gasteiger partial charge in [-0.2, -0.15) is 13.2 Å². The number of anilines is 2. The van der Waals surface area contributed by atoms with E-state index < -0.39 is 45.8 Å². The Hall–Kier alpha value is -2.76. The van der Waals surface area contributed by atoms with Gasteiger partial charge in [0.1, 0.15) is 11.3 Å². The zero-order valence-electron chi connectivity index (χ0n) is 12.8. The van der Waals surface area contributed by atoms with Gasteiger partial charge in [-0.3, -0.25) is 0 Å². The SMILES string of the molecule is Fc1c(F)c(C(F)(F)F)c(F)c(F)c1NC(=S)Nc1ccc2c(c1)OCO2. The number of alkyl halides is 3. The lowest BCUT2D eigenvalue weighted by Gasteiger charge is -2.16. The summed E-state index contributed by atoms with van der Waals surface area (Å²) >= 11 is 4.76. The van der Waals surface area contributed by atoms with Crippen molar-refractivity contribution >= 4 is 28.7 Å².